The van der Waals surface area contributed by atoms with E-state index in [0.29, 0.717) is 5.95 Å². The van der Waals surface area contributed by atoms with E-state index in [0.717, 1.165) is 6.20 Å². The molecule has 2 aliphatic rings. The molecular formula is C19H19F4N5O2. The molecule has 0 unspecified atom stereocenters. The van der Waals surface area contributed by atoms with Crippen molar-refractivity contribution in [2.45, 2.75) is 18.6 Å². The number of halogens is 4. The van der Waals surface area contributed by atoms with Gasteiger partial charge in [-0.2, -0.15) is 13.2 Å². The monoisotopic (exact) mass is 425 g/mol. The zero-order valence-corrected chi connectivity index (χ0v) is 16.2. The molecule has 7 nitrogen and oxygen atoms in total. The summed E-state index contributed by atoms with van der Waals surface area (Å²) >= 11 is 0. The number of nitrogens with zero attached hydrogens (tertiary/aromatic N) is 5. The van der Waals surface area contributed by atoms with Crippen LogP contribution < -0.4 is 10.5 Å². The Morgan fingerprint density at radius 2 is 1.97 bits per heavy atom. The summed E-state index contributed by atoms with van der Waals surface area (Å²) < 4.78 is 52.8. The molecule has 160 valence electrons. The summed E-state index contributed by atoms with van der Waals surface area (Å²) in [7, 11) is 3.28. The van der Waals surface area contributed by atoms with E-state index < -0.39 is 24.3 Å². The van der Waals surface area contributed by atoms with Gasteiger partial charge in [0.15, 0.2) is 5.82 Å². The highest BCUT2D eigenvalue weighted by Crippen LogP contribution is 2.49. The molecule has 0 bridgehead atoms. The molecule has 1 aliphatic carbocycles. The lowest BCUT2D eigenvalue weighted by Crippen LogP contribution is -2.39. The fourth-order valence-corrected chi connectivity index (χ4v) is 4.25. The molecule has 0 N–H and O–H groups in total. The maximum atomic E-state index is 14.1. The molecule has 4 rings (SSSR count). The number of carbonyl (C=O) groups excluding carboxylic acids is 1. The van der Waals surface area contributed by atoms with Gasteiger partial charge in [-0.1, -0.05) is 0 Å². The van der Waals surface area contributed by atoms with E-state index in [-0.39, 0.29) is 47.8 Å². The smallest absolute Gasteiger partial charge is 0.342 e. The van der Waals surface area contributed by atoms with Crippen molar-refractivity contribution in [3.8, 4) is 11.3 Å². The predicted octanol–water partition coefficient (Wildman–Crippen LogP) is 1.83. The van der Waals surface area contributed by atoms with Gasteiger partial charge in [-0.15, -0.1) is 0 Å². The summed E-state index contributed by atoms with van der Waals surface area (Å²) in [5.41, 5.74) is -0.0456. The molecule has 0 aromatic carbocycles. The minimum Gasteiger partial charge on any atom is -0.342 e. The molecule has 3 atom stereocenters. The Morgan fingerprint density at radius 1 is 1.30 bits per heavy atom. The Balaban J connectivity index is 1.52. The van der Waals surface area contributed by atoms with Gasteiger partial charge in [0.1, 0.15) is 6.42 Å². The van der Waals surface area contributed by atoms with Gasteiger partial charge in [0.25, 0.3) is 5.56 Å². The summed E-state index contributed by atoms with van der Waals surface area (Å²) in [5, 5.41) is 0. The molecule has 1 saturated carbocycles. The third kappa shape index (κ3) is 3.63. The van der Waals surface area contributed by atoms with Crippen molar-refractivity contribution in [1.82, 2.24) is 19.4 Å². The normalized spacial score (nSPS) is 22.7. The molecule has 2 aromatic heterocycles. The second-order valence-electron chi connectivity index (χ2n) is 7.71. The van der Waals surface area contributed by atoms with Crippen molar-refractivity contribution in [3.63, 3.8) is 0 Å². The molecule has 1 aliphatic heterocycles. The molecule has 3 heterocycles. The Hall–Kier alpha value is -2.98. The van der Waals surface area contributed by atoms with E-state index in [4.69, 9.17) is 0 Å². The van der Waals surface area contributed by atoms with Crippen LogP contribution in [0, 0.1) is 17.7 Å². The highest BCUT2D eigenvalue weighted by molar-refractivity contribution is 5.77. The van der Waals surface area contributed by atoms with Crippen LogP contribution in [0.25, 0.3) is 11.3 Å². The van der Waals surface area contributed by atoms with Crippen LogP contribution in [0.1, 0.15) is 6.42 Å². The molecule has 0 radical (unpaired) electrons. The van der Waals surface area contributed by atoms with Crippen LogP contribution in [-0.4, -0.2) is 57.7 Å². The van der Waals surface area contributed by atoms with Crippen LogP contribution in [0.5, 0.6) is 0 Å². The van der Waals surface area contributed by atoms with Crippen molar-refractivity contribution < 1.29 is 22.4 Å². The maximum absolute atomic E-state index is 14.1. The van der Waals surface area contributed by atoms with Gasteiger partial charge in [-0.3, -0.25) is 19.1 Å². The highest BCUT2D eigenvalue weighted by Gasteiger charge is 2.59. The number of alkyl halides is 3. The van der Waals surface area contributed by atoms with E-state index in [2.05, 4.69) is 9.97 Å². The number of hydrogen-bond acceptors (Lipinski definition) is 5. The number of aromatic nitrogens is 3. The quantitative estimate of drug-likeness (QED) is 0.699. The van der Waals surface area contributed by atoms with Crippen LogP contribution in [0.15, 0.2) is 29.3 Å². The van der Waals surface area contributed by atoms with Gasteiger partial charge in [-0.05, 0) is 6.07 Å². The van der Waals surface area contributed by atoms with Gasteiger partial charge >= 0.3 is 6.18 Å². The number of anilines is 1. The standard InChI is InChI=1S/C19H19F4N5O2/c1-26-15(29)5-14(10-3-4-24-7-13(10)20)25-18(26)27(2)17-11-8-28(9-12(11)17)16(30)6-19(21,22)23/h3-5,7,11-12,17H,6,8-9H2,1-2H3/t11-,12+,17+. The van der Waals surface area contributed by atoms with Crippen molar-refractivity contribution in [1.29, 1.82) is 0 Å². The zero-order valence-electron chi connectivity index (χ0n) is 16.2. The fourth-order valence-electron chi connectivity index (χ4n) is 4.25. The average Bonchev–Trinajstić information content (AvgIpc) is 3.15. The first-order valence-electron chi connectivity index (χ1n) is 9.32. The Bertz CT molecular complexity index is 1040. The van der Waals surface area contributed by atoms with Crippen molar-refractivity contribution >= 4 is 11.9 Å². The van der Waals surface area contributed by atoms with Crippen molar-refractivity contribution in [2.75, 3.05) is 25.0 Å². The molecule has 0 spiro atoms. The lowest BCUT2D eigenvalue weighted by Gasteiger charge is -2.26. The first-order valence-corrected chi connectivity index (χ1v) is 9.32. The van der Waals surface area contributed by atoms with Crippen molar-refractivity contribution in [2.24, 2.45) is 18.9 Å². The number of carbonyl (C=O) groups is 1. The molecule has 1 amide bonds. The number of piperidine rings is 1. The Morgan fingerprint density at radius 3 is 2.57 bits per heavy atom. The molecule has 2 aromatic rings. The molecule has 30 heavy (non-hydrogen) atoms. The third-order valence-corrected chi connectivity index (χ3v) is 5.78. The fraction of sp³-hybridized carbons (Fsp3) is 0.474. The second kappa shape index (κ2) is 7.06. The molecule has 2 fully saturated rings. The van der Waals surface area contributed by atoms with Crippen LogP contribution in [0.4, 0.5) is 23.5 Å². The number of likely N-dealkylation sites (tertiary alicyclic amines) is 1. The SMILES string of the molecule is CN(c1nc(-c2ccncc2F)cc(=O)n1C)[C@H]1[C@@H]2CN(C(=O)CC(F)(F)F)C[C@@H]21. The summed E-state index contributed by atoms with van der Waals surface area (Å²) in [6.07, 6.45) is -3.54. The van der Waals surface area contributed by atoms with Crippen LogP contribution in [-0.2, 0) is 11.8 Å². The maximum Gasteiger partial charge on any atom is 0.397 e. The molecule has 11 heteroatoms. The highest BCUT2D eigenvalue weighted by atomic mass is 19.4. The summed E-state index contributed by atoms with van der Waals surface area (Å²) in [4.78, 5) is 35.4. The van der Waals surface area contributed by atoms with E-state index in [1.807, 2.05) is 0 Å². The van der Waals surface area contributed by atoms with E-state index in [9.17, 15) is 27.2 Å². The summed E-state index contributed by atoms with van der Waals surface area (Å²) in [5.74, 6) is -1.19. The number of rotatable bonds is 4. The first-order chi connectivity index (χ1) is 14.1. The number of hydrogen-bond donors (Lipinski definition) is 0. The van der Waals surface area contributed by atoms with Crippen molar-refractivity contribution in [3.05, 3.63) is 40.7 Å². The average molecular weight is 425 g/mol. The van der Waals surface area contributed by atoms with Gasteiger partial charge in [0, 0.05) is 62.9 Å². The third-order valence-electron chi connectivity index (χ3n) is 5.78. The molecular weight excluding hydrogens is 406 g/mol. The number of amides is 1. The summed E-state index contributed by atoms with van der Waals surface area (Å²) in [6, 6.07) is 2.60. The van der Waals surface area contributed by atoms with Crippen LogP contribution in [0.3, 0.4) is 0 Å². The Labute approximate surface area is 169 Å². The molecule has 1 saturated heterocycles. The van der Waals surface area contributed by atoms with Crippen LogP contribution in [0.2, 0.25) is 0 Å². The van der Waals surface area contributed by atoms with Gasteiger partial charge in [0.05, 0.1) is 11.9 Å². The van der Waals surface area contributed by atoms with E-state index in [1.54, 1.807) is 19.0 Å². The van der Waals surface area contributed by atoms with Gasteiger partial charge < -0.3 is 9.80 Å². The Kier molecular flexibility index (Phi) is 4.78. The summed E-state index contributed by atoms with van der Waals surface area (Å²) in [6.45, 7) is 0.475. The number of fused-ring (bicyclic) bond motifs is 1. The lowest BCUT2D eigenvalue weighted by molar-refractivity contribution is -0.161. The topological polar surface area (TPSA) is 71.3 Å². The first kappa shape index (κ1) is 20.3. The van der Waals surface area contributed by atoms with E-state index >= 15 is 0 Å². The zero-order chi connectivity index (χ0) is 21.8. The van der Waals surface area contributed by atoms with Crippen LogP contribution >= 0.6 is 0 Å². The largest absolute Gasteiger partial charge is 0.397 e. The lowest BCUT2D eigenvalue weighted by atomic mass is 10.2. The van der Waals surface area contributed by atoms with E-state index in [1.165, 1.54) is 27.8 Å². The number of pyridine rings is 1. The minimum atomic E-state index is -4.52. The van der Waals surface area contributed by atoms with Gasteiger partial charge in [0.2, 0.25) is 11.9 Å². The minimum absolute atomic E-state index is 0.00500. The second-order valence-corrected chi connectivity index (χ2v) is 7.71. The predicted molar refractivity (Wildman–Crippen MR) is 99.1 cm³/mol. The van der Waals surface area contributed by atoms with Gasteiger partial charge in [-0.25, -0.2) is 9.37 Å².